The summed E-state index contributed by atoms with van der Waals surface area (Å²) in [5.41, 5.74) is 2.83. The van der Waals surface area contributed by atoms with Gasteiger partial charge in [0.15, 0.2) is 0 Å². The standard InChI is InChI=1S/C36H54N2/c1-4-6-8-10-11-12-13-14-22-29-38-30-28-37-35(38)34(27-21-9-7-5-2)36(3,33-25-19-16-20-26-33)31-32-23-17-15-18-24-32/h15-20,23-26,28,30,34H,4-14,21-22,27,29,31H2,1-3H3. The number of rotatable bonds is 20. The Morgan fingerprint density at radius 3 is 1.87 bits per heavy atom. The van der Waals surface area contributed by atoms with Crippen LogP contribution in [0.5, 0.6) is 0 Å². The Kier molecular flexibility index (Phi) is 13.7. The largest absolute Gasteiger partial charge is 0.335 e. The minimum absolute atomic E-state index is 0.0174. The molecule has 0 bridgehead atoms. The zero-order valence-electron chi connectivity index (χ0n) is 24.7. The Bertz CT molecular complexity index is 977. The van der Waals surface area contributed by atoms with Crippen LogP contribution >= 0.6 is 0 Å². The van der Waals surface area contributed by atoms with Crippen LogP contribution < -0.4 is 0 Å². The van der Waals surface area contributed by atoms with Crippen LogP contribution in [-0.2, 0) is 18.4 Å². The minimum atomic E-state index is -0.0174. The molecule has 0 radical (unpaired) electrons. The van der Waals surface area contributed by atoms with E-state index in [9.17, 15) is 0 Å². The van der Waals surface area contributed by atoms with Crippen molar-refractivity contribution in [3.63, 3.8) is 0 Å². The number of hydrogen-bond donors (Lipinski definition) is 0. The van der Waals surface area contributed by atoms with Crippen molar-refractivity contribution in [3.8, 4) is 0 Å². The van der Waals surface area contributed by atoms with E-state index in [1.807, 2.05) is 0 Å². The van der Waals surface area contributed by atoms with E-state index in [1.165, 1.54) is 107 Å². The monoisotopic (exact) mass is 514 g/mol. The van der Waals surface area contributed by atoms with Crippen molar-refractivity contribution < 1.29 is 0 Å². The van der Waals surface area contributed by atoms with Crippen LogP contribution in [0.25, 0.3) is 0 Å². The third-order valence-electron chi connectivity index (χ3n) is 8.52. The van der Waals surface area contributed by atoms with Crippen molar-refractivity contribution in [2.75, 3.05) is 0 Å². The molecule has 0 aliphatic carbocycles. The van der Waals surface area contributed by atoms with E-state index in [2.05, 4.69) is 98.4 Å². The quantitative estimate of drug-likeness (QED) is 0.137. The van der Waals surface area contributed by atoms with Crippen molar-refractivity contribution in [2.45, 2.75) is 135 Å². The lowest BCUT2D eigenvalue weighted by atomic mass is 9.66. The van der Waals surface area contributed by atoms with Gasteiger partial charge in [-0.3, -0.25) is 0 Å². The maximum atomic E-state index is 5.07. The smallest absolute Gasteiger partial charge is 0.112 e. The van der Waals surface area contributed by atoms with Gasteiger partial charge in [-0.05, 0) is 30.4 Å². The predicted molar refractivity (Wildman–Crippen MR) is 165 cm³/mol. The minimum Gasteiger partial charge on any atom is -0.335 e. The zero-order valence-corrected chi connectivity index (χ0v) is 24.7. The highest BCUT2D eigenvalue weighted by Gasteiger charge is 2.39. The number of nitrogens with zero attached hydrogens (tertiary/aromatic N) is 2. The van der Waals surface area contributed by atoms with E-state index in [4.69, 9.17) is 4.98 Å². The lowest BCUT2D eigenvalue weighted by molar-refractivity contribution is 0.322. The lowest BCUT2D eigenvalue weighted by Gasteiger charge is -2.39. The van der Waals surface area contributed by atoms with Crippen LogP contribution in [0.1, 0.15) is 134 Å². The molecule has 2 unspecified atom stereocenters. The van der Waals surface area contributed by atoms with Gasteiger partial charge in [0, 0.05) is 30.3 Å². The molecule has 3 rings (SSSR count). The average Bonchev–Trinajstić information content (AvgIpc) is 3.41. The highest BCUT2D eigenvalue weighted by Crippen LogP contribution is 2.44. The van der Waals surface area contributed by atoms with Crippen LogP contribution in [0.15, 0.2) is 73.1 Å². The first kappa shape index (κ1) is 30.2. The molecule has 0 aliphatic rings. The van der Waals surface area contributed by atoms with Crippen molar-refractivity contribution in [1.29, 1.82) is 0 Å². The molecule has 2 nitrogen and oxygen atoms in total. The number of unbranched alkanes of at least 4 members (excludes halogenated alkanes) is 11. The topological polar surface area (TPSA) is 17.8 Å². The van der Waals surface area contributed by atoms with Gasteiger partial charge in [0.2, 0.25) is 0 Å². The Balaban J connectivity index is 1.76. The van der Waals surface area contributed by atoms with E-state index in [1.54, 1.807) is 0 Å². The van der Waals surface area contributed by atoms with E-state index >= 15 is 0 Å². The fourth-order valence-electron chi connectivity index (χ4n) is 6.19. The summed E-state index contributed by atoms with van der Waals surface area (Å²) in [6, 6.07) is 22.3. The summed E-state index contributed by atoms with van der Waals surface area (Å²) in [4.78, 5) is 5.07. The molecule has 0 amide bonds. The van der Waals surface area contributed by atoms with Gasteiger partial charge in [-0.25, -0.2) is 4.98 Å². The van der Waals surface area contributed by atoms with Gasteiger partial charge in [-0.2, -0.15) is 0 Å². The van der Waals surface area contributed by atoms with Crippen LogP contribution in [0.2, 0.25) is 0 Å². The van der Waals surface area contributed by atoms with E-state index in [0.717, 1.165) is 13.0 Å². The third-order valence-corrected chi connectivity index (χ3v) is 8.52. The molecule has 0 saturated heterocycles. The lowest BCUT2D eigenvalue weighted by Crippen LogP contribution is -2.35. The molecule has 2 atom stereocenters. The summed E-state index contributed by atoms with van der Waals surface area (Å²) in [6.45, 7) is 8.19. The second-order valence-corrected chi connectivity index (χ2v) is 11.7. The summed E-state index contributed by atoms with van der Waals surface area (Å²) in [5, 5.41) is 0. The molecule has 0 spiro atoms. The summed E-state index contributed by atoms with van der Waals surface area (Å²) < 4.78 is 2.50. The van der Waals surface area contributed by atoms with Gasteiger partial charge < -0.3 is 4.57 Å². The molecular weight excluding hydrogens is 460 g/mol. The van der Waals surface area contributed by atoms with Crippen LogP contribution in [0.3, 0.4) is 0 Å². The zero-order chi connectivity index (χ0) is 26.9. The molecule has 0 aliphatic heterocycles. The molecule has 2 aromatic carbocycles. The number of imidazole rings is 1. The summed E-state index contributed by atoms with van der Waals surface area (Å²) in [7, 11) is 0. The molecule has 1 heterocycles. The van der Waals surface area contributed by atoms with Gasteiger partial charge in [-0.1, -0.05) is 158 Å². The summed E-state index contributed by atoms with van der Waals surface area (Å²) in [6.07, 6.45) is 24.0. The molecule has 208 valence electrons. The SMILES string of the molecule is CCCCCCCCCCCn1ccnc1C(CCCCCC)C(C)(Cc1ccccc1)c1ccccc1. The van der Waals surface area contributed by atoms with Crippen molar-refractivity contribution in [3.05, 3.63) is 90.0 Å². The maximum absolute atomic E-state index is 5.07. The summed E-state index contributed by atoms with van der Waals surface area (Å²) >= 11 is 0. The Labute approximate surface area is 234 Å². The highest BCUT2D eigenvalue weighted by molar-refractivity contribution is 5.33. The van der Waals surface area contributed by atoms with Crippen LogP contribution in [0, 0.1) is 0 Å². The Morgan fingerprint density at radius 1 is 0.684 bits per heavy atom. The number of hydrogen-bond acceptors (Lipinski definition) is 1. The van der Waals surface area contributed by atoms with E-state index in [-0.39, 0.29) is 5.41 Å². The molecule has 0 fully saturated rings. The molecule has 2 heteroatoms. The fourth-order valence-corrected chi connectivity index (χ4v) is 6.19. The highest BCUT2D eigenvalue weighted by atomic mass is 15.1. The van der Waals surface area contributed by atoms with Gasteiger partial charge in [0.1, 0.15) is 5.82 Å². The van der Waals surface area contributed by atoms with Gasteiger partial charge in [0.05, 0.1) is 0 Å². The van der Waals surface area contributed by atoms with Gasteiger partial charge in [-0.15, -0.1) is 0 Å². The normalized spacial score (nSPS) is 13.9. The van der Waals surface area contributed by atoms with Gasteiger partial charge in [0.25, 0.3) is 0 Å². The van der Waals surface area contributed by atoms with E-state index in [0.29, 0.717) is 5.92 Å². The summed E-state index contributed by atoms with van der Waals surface area (Å²) in [5.74, 6) is 1.68. The van der Waals surface area contributed by atoms with Crippen LogP contribution in [0.4, 0.5) is 0 Å². The molecule has 3 aromatic rings. The first-order chi connectivity index (χ1) is 18.7. The Morgan fingerprint density at radius 2 is 1.24 bits per heavy atom. The maximum Gasteiger partial charge on any atom is 0.112 e. The average molecular weight is 515 g/mol. The number of benzene rings is 2. The predicted octanol–water partition coefficient (Wildman–Crippen LogP) is 10.7. The molecule has 38 heavy (non-hydrogen) atoms. The number of aryl methyl sites for hydroxylation is 1. The Hall–Kier alpha value is -2.35. The van der Waals surface area contributed by atoms with E-state index < -0.39 is 0 Å². The van der Waals surface area contributed by atoms with Crippen molar-refractivity contribution in [1.82, 2.24) is 9.55 Å². The van der Waals surface area contributed by atoms with Crippen LogP contribution in [-0.4, -0.2) is 9.55 Å². The molecule has 1 aromatic heterocycles. The third kappa shape index (κ3) is 9.44. The molecule has 0 N–H and O–H groups in total. The first-order valence-corrected chi connectivity index (χ1v) is 15.8. The molecule has 0 saturated carbocycles. The second-order valence-electron chi connectivity index (χ2n) is 11.7. The van der Waals surface area contributed by atoms with Crippen molar-refractivity contribution >= 4 is 0 Å². The van der Waals surface area contributed by atoms with Crippen molar-refractivity contribution in [2.24, 2.45) is 0 Å². The fraction of sp³-hybridized carbons (Fsp3) is 0.583. The van der Waals surface area contributed by atoms with Gasteiger partial charge >= 0.3 is 0 Å². The molecular formula is C36H54N2. The second kappa shape index (κ2) is 17.3. The first-order valence-electron chi connectivity index (χ1n) is 15.8. The number of aromatic nitrogens is 2.